The molecule has 1 aromatic carbocycles. The van der Waals surface area contributed by atoms with Crippen molar-refractivity contribution < 1.29 is 14.3 Å². The van der Waals surface area contributed by atoms with Crippen LogP contribution in [0.4, 0.5) is 5.69 Å². The zero-order chi connectivity index (χ0) is 13.0. The highest BCUT2D eigenvalue weighted by molar-refractivity contribution is 6.35. The second-order valence-corrected chi connectivity index (χ2v) is 3.81. The normalized spacial score (nSPS) is 10.0. The molecule has 92 valence electrons. The fourth-order valence-corrected chi connectivity index (χ4v) is 1.44. The number of anilines is 1. The molecule has 0 aliphatic carbocycles. The van der Waals surface area contributed by atoms with E-state index in [2.05, 4.69) is 0 Å². The van der Waals surface area contributed by atoms with Gasteiger partial charge in [-0.05, 0) is 18.6 Å². The predicted molar refractivity (Wildman–Crippen MR) is 64.9 cm³/mol. The Kier molecular flexibility index (Phi) is 4.34. The van der Waals surface area contributed by atoms with Crippen LogP contribution in [0, 0.1) is 0 Å². The van der Waals surface area contributed by atoms with E-state index >= 15 is 0 Å². The molecular weight excluding hydrogens is 244 g/mol. The maximum absolute atomic E-state index is 11.4. The van der Waals surface area contributed by atoms with E-state index in [4.69, 9.17) is 27.8 Å². The maximum Gasteiger partial charge on any atom is 0.311 e. The molecule has 5 nitrogen and oxygen atoms in total. The number of benzene rings is 1. The van der Waals surface area contributed by atoms with E-state index in [0.717, 1.165) is 0 Å². The van der Waals surface area contributed by atoms with Crippen molar-refractivity contribution in [3.05, 3.63) is 22.7 Å². The van der Waals surface area contributed by atoms with Crippen molar-refractivity contribution in [2.45, 2.75) is 19.8 Å². The minimum absolute atomic E-state index is 0.0192. The Labute approximate surface area is 104 Å². The number of hydrogen-bond acceptors (Lipinski definition) is 4. The van der Waals surface area contributed by atoms with E-state index in [0.29, 0.717) is 6.42 Å². The highest BCUT2D eigenvalue weighted by Crippen LogP contribution is 2.34. The van der Waals surface area contributed by atoms with Gasteiger partial charge in [0.1, 0.15) is 5.02 Å². The van der Waals surface area contributed by atoms with Crippen molar-refractivity contribution in [1.29, 1.82) is 0 Å². The molecule has 0 aliphatic rings. The van der Waals surface area contributed by atoms with Gasteiger partial charge >= 0.3 is 5.97 Å². The van der Waals surface area contributed by atoms with Crippen LogP contribution in [0.25, 0.3) is 0 Å². The molecule has 1 aromatic rings. The van der Waals surface area contributed by atoms with Gasteiger partial charge in [-0.1, -0.05) is 18.5 Å². The van der Waals surface area contributed by atoms with Gasteiger partial charge in [-0.15, -0.1) is 0 Å². The first kappa shape index (κ1) is 13.3. The molecule has 4 N–H and O–H groups in total. The lowest BCUT2D eigenvalue weighted by Crippen LogP contribution is -2.16. The predicted octanol–water partition coefficient (Wildman–Crippen LogP) is 1.73. The molecule has 6 heteroatoms. The van der Waals surface area contributed by atoms with E-state index in [-0.39, 0.29) is 28.4 Å². The first-order valence-corrected chi connectivity index (χ1v) is 5.43. The van der Waals surface area contributed by atoms with Crippen molar-refractivity contribution in [2.24, 2.45) is 5.73 Å². The number of primary amides is 1. The molecule has 0 saturated heterocycles. The van der Waals surface area contributed by atoms with Crippen LogP contribution in [0.3, 0.4) is 0 Å². The smallest absolute Gasteiger partial charge is 0.311 e. The van der Waals surface area contributed by atoms with Gasteiger partial charge in [-0.3, -0.25) is 9.59 Å². The summed E-state index contributed by atoms with van der Waals surface area (Å²) in [5.41, 5.74) is 11.0. The molecule has 0 heterocycles. The van der Waals surface area contributed by atoms with Gasteiger partial charge in [0, 0.05) is 6.42 Å². The van der Waals surface area contributed by atoms with Crippen LogP contribution >= 0.6 is 11.6 Å². The minimum atomic E-state index is -0.730. The molecule has 1 rings (SSSR count). The van der Waals surface area contributed by atoms with Gasteiger partial charge in [-0.2, -0.15) is 0 Å². The fourth-order valence-electron chi connectivity index (χ4n) is 1.23. The van der Waals surface area contributed by atoms with Crippen LogP contribution in [-0.4, -0.2) is 11.9 Å². The van der Waals surface area contributed by atoms with Crippen molar-refractivity contribution in [2.75, 3.05) is 5.73 Å². The first-order valence-electron chi connectivity index (χ1n) is 5.05. The second-order valence-electron chi connectivity index (χ2n) is 3.43. The van der Waals surface area contributed by atoms with E-state index in [1.807, 2.05) is 6.92 Å². The van der Waals surface area contributed by atoms with E-state index in [1.54, 1.807) is 0 Å². The summed E-state index contributed by atoms with van der Waals surface area (Å²) < 4.78 is 5.01. The van der Waals surface area contributed by atoms with Gasteiger partial charge in [0.15, 0.2) is 5.75 Å². The number of nitrogens with two attached hydrogens (primary N) is 2. The topological polar surface area (TPSA) is 95.4 Å². The first-order chi connectivity index (χ1) is 7.97. The molecule has 0 saturated carbocycles. The Morgan fingerprint density at radius 2 is 2.06 bits per heavy atom. The molecule has 0 bridgehead atoms. The maximum atomic E-state index is 11.4. The van der Waals surface area contributed by atoms with Crippen LogP contribution in [0.2, 0.25) is 5.02 Å². The summed E-state index contributed by atoms with van der Waals surface area (Å²) >= 11 is 5.88. The number of carbonyl (C=O) groups excluding carboxylic acids is 2. The molecule has 17 heavy (non-hydrogen) atoms. The lowest BCUT2D eigenvalue weighted by atomic mass is 10.1. The lowest BCUT2D eigenvalue weighted by Gasteiger charge is -2.11. The molecule has 0 aliphatic heterocycles. The second kappa shape index (κ2) is 5.54. The van der Waals surface area contributed by atoms with Crippen molar-refractivity contribution in [1.82, 2.24) is 0 Å². The molecule has 1 amide bonds. The molecule has 0 spiro atoms. The summed E-state index contributed by atoms with van der Waals surface area (Å²) in [6.07, 6.45) is 0.855. The summed E-state index contributed by atoms with van der Waals surface area (Å²) in [6, 6.07) is 2.80. The van der Waals surface area contributed by atoms with Crippen LogP contribution in [0.15, 0.2) is 12.1 Å². The van der Waals surface area contributed by atoms with Crippen molar-refractivity contribution in [3.8, 4) is 5.75 Å². The third kappa shape index (κ3) is 3.10. The summed E-state index contributed by atoms with van der Waals surface area (Å²) in [6.45, 7) is 1.83. The van der Waals surface area contributed by atoms with Gasteiger partial charge in [0.2, 0.25) is 0 Å². The number of amides is 1. The summed E-state index contributed by atoms with van der Waals surface area (Å²) in [7, 11) is 0. The van der Waals surface area contributed by atoms with E-state index in [9.17, 15) is 9.59 Å². The summed E-state index contributed by atoms with van der Waals surface area (Å²) in [4.78, 5) is 22.5. The number of hydrogen-bond donors (Lipinski definition) is 2. The van der Waals surface area contributed by atoms with Crippen LogP contribution in [0.1, 0.15) is 30.1 Å². The Morgan fingerprint density at radius 1 is 1.41 bits per heavy atom. The van der Waals surface area contributed by atoms with Gasteiger partial charge in [0.05, 0.1) is 11.3 Å². The van der Waals surface area contributed by atoms with Gasteiger partial charge in [-0.25, -0.2) is 0 Å². The SMILES string of the molecule is CCCC(=O)Oc1c(C(N)=O)ccc(N)c1Cl. The zero-order valence-corrected chi connectivity index (χ0v) is 10.1. The summed E-state index contributed by atoms with van der Waals surface area (Å²) in [5.74, 6) is -1.29. The molecule has 0 unspecified atom stereocenters. The number of nitrogen functional groups attached to an aromatic ring is 1. The largest absolute Gasteiger partial charge is 0.424 e. The number of esters is 1. The van der Waals surface area contributed by atoms with Gasteiger partial charge < -0.3 is 16.2 Å². The van der Waals surface area contributed by atoms with Crippen LogP contribution < -0.4 is 16.2 Å². The molecule has 0 atom stereocenters. The number of ether oxygens (including phenoxy) is 1. The fraction of sp³-hybridized carbons (Fsp3) is 0.273. The van der Waals surface area contributed by atoms with E-state index in [1.165, 1.54) is 12.1 Å². The lowest BCUT2D eigenvalue weighted by molar-refractivity contribution is -0.134. The molecule has 0 radical (unpaired) electrons. The molecule has 0 aromatic heterocycles. The molecule has 0 fully saturated rings. The Morgan fingerprint density at radius 3 is 2.59 bits per heavy atom. The van der Waals surface area contributed by atoms with Crippen molar-refractivity contribution in [3.63, 3.8) is 0 Å². The quantitative estimate of drug-likeness (QED) is 0.487. The van der Waals surface area contributed by atoms with Crippen LogP contribution in [-0.2, 0) is 4.79 Å². The number of rotatable bonds is 4. The van der Waals surface area contributed by atoms with Gasteiger partial charge in [0.25, 0.3) is 5.91 Å². The average molecular weight is 257 g/mol. The Hall–Kier alpha value is -1.75. The molecular formula is C11H13ClN2O3. The van der Waals surface area contributed by atoms with E-state index < -0.39 is 11.9 Å². The van der Waals surface area contributed by atoms with Crippen molar-refractivity contribution >= 4 is 29.2 Å². The number of carbonyl (C=O) groups is 2. The third-order valence-corrected chi connectivity index (χ3v) is 2.45. The minimum Gasteiger partial charge on any atom is -0.424 e. The third-order valence-electron chi connectivity index (χ3n) is 2.06. The van der Waals surface area contributed by atoms with Crippen LogP contribution in [0.5, 0.6) is 5.75 Å². The monoisotopic (exact) mass is 256 g/mol. The standard InChI is InChI=1S/C11H13ClN2O3/c1-2-3-8(15)17-10-6(11(14)16)4-5-7(13)9(10)12/h4-5H,2-3,13H2,1H3,(H2,14,16). The average Bonchev–Trinajstić information content (AvgIpc) is 2.25. The Bertz CT molecular complexity index is 460. The Balaban J connectivity index is 3.14. The summed E-state index contributed by atoms with van der Waals surface area (Å²) in [5, 5.41) is 0.0192. The number of halogens is 1. The highest BCUT2D eigenvalue weighted by atomic mass is 35.5. The zero-order valence-electron chi connectivity index (χ0n) is 9.33. The highest BCUT2D eigenvalue weighted by Gasteiger charge is 2.18.